The zero-order valence-corrected chi connectivity index (χ0v) is 16.1. The minimum absolute atomic E-state index is 0.0472. The van der Waals surface area contributed by atoms with Crippen LogP contribution in [0.15, 0.2) is 24.3 Å². The van der Waals surface area contributed by atoms with Gasteiger partial charge >= 0.3 is 0 Å². The molecular weight excluding hydrogens is 328 g/mol. The van der Waals surface area contributed by atoms with Crippen molar-refractivity contribution >= 4 is 17.5 Å². The molecule has 0 saturated carbocycles. The second kappa shape index (κ2) is 7.66. The van der Waals surface area contributed by atoms with Gasteiger partial charge in [0, 0.05) is 44.0 Å². The molecule has 142 valence electrons. The number of hydrogen-bond donors (Lipinski definition) is 1. The van der Waals surface area contributed by atoms with Crippen LogP contribution in [0.25, 0.3) is 0 Å². The molecule has 0 aromatic heterocycles. The summed E-state index contributed by atoms with van der Waals surface area (Å²) in [5, 5.41) is 2.99. The van der Waals surface area contributed by atoms with Crippen molar-refractivity contribution in [2.24, 2.45) is 0 Å². The zero-order valence-electron chi connectivity index (χ0n) is 16.1. The number of benzene rings is 1. The van der Waals surface area contributed by atoms with Gasteiger partial charge in [-0.2, -0.15) is 0 Å². The van der Waals surface area contributed by atoms with Crippen LogP contribution >= 0.6 is 0 Å². The fourth-order valence-corrected chi connectivity index (χ4v) is 3.65. The number of anilines is 1. The van der Waals surface area contributed by atoms with Gasteiger partial charge in [0.15, 0.2) is 0 Å². The van der Waals surface area contributed by atoms with Crippen LogP contribution in [0.3, 0.4) is 0 Å². The molecule has 6 nitrogen and oxygen atoms in total. The molecule has 1 saturated heterocycles. The van der Waals surface area contributed by atoms with Crippen molar-refractivity contribution in [2.45, 2.75) is 32.7 Å². The van der Waals surface area contributed by atoms with Crippen molar-refractivity contribution in [2.75, 3.05) is 50.7 Å². The lowest BCUT2D eigenvalue weighted by Crippen LogP contribution is -2.54. The van der Waals surface area contributed by atoms with E-state index in [9.17, 15) is 9.59 Å². The van der Waals surface area contributed by atoms with E-state index in [0.717, 1.165) is 26.1 Å². The van der Waals surface area contributed by atoms with Gasteiger partial charge in [-0.05, 0) is 38.8 Å². The highest BCUT2D eigenvalue weighted by Crippen LogP contribution is 2.27. The third-order valence-corrected chi connectivity index (χ3v) is 4.92. The van der Waals surface area contributed by atoms with Gasteiger partial charge in [0.05, 0.1) is 13.1 Å². The number of nitrogens with zero attached hydrogens (tertiary/aromatic N) is 3. The molecule has 2 amide bonds. The van der Waals surface area contributed by atoms with Gasteiger partial charge in [-0.15, -0.1) is 0 Å². The van der Waals surface area contributed by atoms with Crippen molar-refractivity contribution in [3.63, 3.8) is 0 Å². The Morgan fingerprint density at radius 2 is 1.69 bits per heavy atom. The van der Waals surface area contributed by atoms with Crippen molar-refractivity contribution in [1.29, 1.82) is 0 Å². The first-order valence-electron chi connectivity index (χ1n) is 9.46. The number of carbonyl (C=O) groups is 2. The quantitative estimate of drug-likeness (QED) is 0.876. The maximum absolute atomic E-state index is 12.7. The summed E-state index contributed by atoms with van der Waals surface area (Å²) < 4.78 is 0. The number of amides is 2. The maximum Gasteiger partial charge on any atom is 0.242 e. The Morgan fingerprint density at radius 3 is 2.38 bits per heavy atom. The molecule has 0 bridgehead atoms. The van der Waals surface area contributed by atoms with Crippen LogP contribution in [0.2, 0.25) is 0 Å². The van der Waals surface area contributed by atoms with E-state index in [1.807, 2.05) is 31.7 Å². The van der Waals surface area contributed by atoms with Gasteiger partial charge in [-0.25, -0.2) is 0 Å². The molecule has 1 aromatic rings. The van der Waals surface area contributed by atoms with Gasteiger partial charge in [-0.3, -0.25) is 14.5 Å². The predicted octanol–water partition coefficient (Wildman–Crippen LogP) is 1.11. The summed E-state index contributed by atoms with van der Waals surface area (Å²) in [4.78, 5) is 30.9. The Hall–Kier alpha value is -2.08. The number of fused-ring (bicyclic) bond motifs is 1. The molecule has 2 aliphatic heterocycles. The highest BCUT2D eigenvalue weighted by atomic mass is 16.2. The van der Waals surface area contributed by atoms with Gasteiger partial charge in [0.1, 0.15) is 0 Å². The van der Waals surface area contributed by atoms with Crippen LogP contribution in [0.4, 0.5) is 5.69 Å². The summed E-state index contributed by atoms with van der Waals surface area (Å²) in [5.41, 5.74) is 2.31. The second-order valence-corrected chi connectivity index (χ2v) is 8.26. The minimum atomic E-state index is -0.207. The fourth-order valence-electron chi connectivity index (χ4n) is 3.65. The van der Waals surface area contributed by atoms with E-state index in [4.69, 9.17) is 0 Å². The summed E-state index contributed by atoms with van der Waals surface area (Å²) in [6.45, 7) is 10.6. The number of hydrogen-bond acceptors (Lipinski definition) is 4. The van der Waals surface area contributed by atoms with E-state index in [1.165, 1.54) is 11.3 Å². The lowest BCUT2D eigenvalue weighted by molar-refractivity contribution is -0.131. The van der Waals surface area contributed by atoms with E-state index < -0.39 is 0 Å². The molecule has 2 heterocycles. The van der Waals surface area contributed by atoms with E-state index in [-0.39, 0.29) is 17.4 Å². The Labute approximate surface area is 156 Å². The van der Waals surface area contributed by atoms with E-state index in [2.05, 4.69) is 33.3 Å². The molecular formula is C20H30N4O2. The van der Waals surface area contributed by atoms with Gasteiger partial charge in [0.25, 0.3) is 0 Å². The molecule has 26 heavy (non-hydrogen) atoms. The standard InChI is InChI=1S/C20H30N4O2/c1-20(2,3)21-18(25)14-22-10-12-23(13-11-22)19(26)15-24-9-8-16-6-4-5-7-17(16)24/h4-7H,8-15H2,1-3H3,(H,21,25). The van der Waals surface area contributed by atoms with Crippen LogP contribution in [-0.4, -0.2) is 73.0 Å². The topological polar surface area (TPSA) is 55.9 Å². The van der Waals surface area contributed by atoms with Crippen molar-refractivity contribution < 1.29 is 9.59 Å². The number of nitrogens with one attached hydrogen (secondary N) is 1. The Balaban J connectivity index is 1.45. The van der Waals surface area contributed by atoms with Gasteiger partial charge < -0.3 is 15.1 Å². The van der Waals surface area contributed by atoms with E-state index in [1.54, 1.807) is 0 Å². The van der Waals surface area contributed by atoms with Gasteiger partial charge in [-0.1, -0.05) is 18.2 Å². The first kappa shape index (κ1) is 18.7. The molecule has 0 unspecified atom stereocenters. The molecule has 0 aliphatic carbocycles. The zero-order chi connectivity index (χ0) is 18.7. The first-order chi connectivity index (χ1) is 12.3. The average molecular weight is 358 g/mol. The first-order valence-corrected chi connectivity index (χ1v) is 9.46. The molecule has 6 heteroatoms. The van der Waals surface area contributed by atoms with Gasteiger partial charge in [0.2, 0.25) is 11.8 Å². The average Bonchev–Trinajstić information content (AvgIpc) is 2.97. The third kappa shape index (κ3) is 4.75. The smallest absolute Gasteiger partial charge is 0.242 e. The van der Waals surface area contributed by atoms with E-state index in [0.29, 0.717) is 26.2 Å². The molecule has 0 spiro atoms. The molecule has 0 radical (unpaired) electrons. The van der Waals surface area contributed by atoms with E-state index >= 15 is 0 Å². The monoisotopic (exact) mass is 358 g/mol. The van der Waals surface area contributed by atoms with Crippen LogP contribution in [-0.2, 0) is 16.0 Å². The summed E-state index contributed by atoms with van der Waals surface area (Å²) >= 11 is 0. The lowest BCUT2D eigenvalue weighted by Gasteiger charge is -2.35. The molecule has 2 aliphatic rings. The maximum atomic E-state index is 12.7. The molecule has 0 atom stereocenters. The van der Waals surface area contributed by atoms with Crippen molar-refractivity contribution in [3.8, 4) is 0 Å². The SMILES string of the molecule is CC(C)(C)NC(=O)CN1CCN(C(=O)CN2CCc3ccccc32)CC1. The molecule has 1 fully saturated rings. The Morgan fingerprint density at radius 1 is 1.00 bits per heavy atom. The summed E-state index contributed by atoms with van der Waals surface area (Å²) in [6.07, 6.45) is 1.01. The highest BCUT2D eigenvalue weighted by Gasteiger charge is 2.26. The summed E-state index contributed by atoms with van der Waals surface area (Å²) in [5.74, 6) is 0.228. The van der Waals surface area contributed by atoms with Crippen LogP contribution in [0, 0.1) is 0 Å². The van der Waals surface area contributed by atoms with Crippen LogP contribution in [0.5, 0.6) is 0 Å². The summed E-state index contributed by atoms with van der Waals surface area (Å²) in [6, 6.07) is 8.32. The summed E-state index contributed by atoms with van der Waals surface area (Å²) in [7, 11) is 0. The van der Waals surface area contributed by atoms with Crippen LogP contribution < -0.4 is 10.2 Å². The normalized spacial score (nSPS) is 18.0. The largest absolute Gasteiger partial charge is 0.362 e. The van der Waals surface area contributed by atoms with Crippen LogP contribution in [0.1, 0.15) is 26.3 Å². The molecule has 3 rings (SSSR count). The highest BCUT2D eigenvalue weighted by molar-refractivity contribution is 5.82. The minimum Gasteiger partial charge on any atom is -0.362 e. The number of rotatable bonds is 4. The van der Waals surface area contributed by atoms with Crippen molar-refractivity contribution in [3.05, 3.63) is 29.8 Å². The third-order valence-electron chi connectivity index (χ3n) is 4.92. The Kier molecular flexibility index (Phi) is 5.51. The Bertz CT molecular complexity index is 660. The molecule has 1 aromatic carbocycles. The lowest BCUT2D eigenvalue weighted by atomic mass is 10.1. The fraction of sp³-hybridized carbons (Fsp3) is 0.600. The number of piperazine rings is 1. The van der Waals surface area contributed by atoms with Crippen molar-refractivity contribution in [1.82, 2.24) is 15.1 Å². The molecule has 1 N–H and O–H groups in total. The second-order valence-electron chi connectivity index (χ2n) is 8.26. The number of carbonyl (C=O) groups excluding carboxylic acids is 2. The predicted molar refractivity (Wildman–Crippen MR) is 103 cm³/mol. The number of para-hydroxylation sites is 1.